The smallest absolute Gasteiger partial charge is 0.257 e. The molecule has 0 aliphatic rings. The first-order valence-electron chi connectivity index (χ1n) is 8.44. The van der Waals surface area contributed by atoms with Crippen LogP contribution in [0.5, 0.6) is 0 Å². The predicted molar refractivity (Wildman–Crippen MR) is 104 cm³/mol. The standard InChI is InChI=1S/C21H17FN4O2/c1-2-20(27)26-18-6-4-3-5-17(18)21(28)25-16-12-23-19(24-13-16)11-14-7-9-15(22)10-8-14/h2-10,12-13H,1,11H2,(H,25,28)(H,26,27). The maximum atomic E-state index is 13.0. The molecule has 6 nitrogen and oxygen atoms in total. The summed E-state index contributed by atoms with van der Waals surface area (Å²) in [7, 11) is 0. The molecule has 0 unspecified atom stereocenters. The maximum Gasteiger partial charge on any atom is 0.257 e. The van der Waals surface area contributed by atoms with Gasteiger partial charge in [-0.25, -0.2) is 14.4 Å². The van der Waals surface area contributed by atoms with Crippen LogP contribution in [0, 0.1) is 5.82 Å². The van der Waals surface area contributed by atoms with Gasteiger partial charge in [0.25, 0.3) is 5.91 Å². The number of nitrogens with zero attached hydrogens (tertiary/aromatic N) is 2. The number of benzene rings is 2. The molecule has 0 aliphatic heterocycles. The number of anilines is 2. The Morgan fingerprint density at radius 1 is 1.00 bits per heavy atom. The molecule has 3 aromatic rings. The Labute approximate surface area is 161 Å². The molecule has 2 aromatic carbocycles. The monoisotopic (exact) mass is 376 g/mol. The Morgan fingerprint density at radius 2 is 1.68 bits per heavy atom. The van der Waals surface area contributed by atoms with Crippen LogP contribution in [-0.4, -0.2) is 21.8 Å². The van der Waals surface area contributed by atoms with Crippen molar-refractivity contribution in [1.82, 2.24) is 9.97 Å². The second-order valence-corrected chi connectivity index (χ2v) is 5.88. The van der Waals surface area contributed by atoms with E-state index in [1.807, 2.05) is 0 Å². The van der Waals surface area contributed by atoms with E-state index in [1.165, 1.54) is 24.5 Å². The molecule has 0 saturated heterocycles. The summed E-state index contributed by atoms with van der Waals surface area (Å²) in [4.78, 5) is 32.5. The average Bonchev–Trinajstić information content (AvgIpc) is 2.71. The molecule has 2 N–H and O–H groups in total. The Hall–Kier alpha value is -3.87. The summed E-state index contributed by atoms with van der Waals surface area (Å²) in [6, 6.07) is 12.7. The van der Waals surface area contributed by atoms with Gasteiger partial charge in [-0.05, 0) is 35.9 Å². The molecule has 0 spiro atoms. The van der Waals surface area contributed by atoms with Crippen LogP contribution in [-0.2, 0) is 11.2 Å². The fourth-order valence-electron chi connectivity index (χ4n) is 2.47. The van der Waals surface area contributed by atoms with Crippen molar-refractivity contribution in [3.63, 3.8) is 0 Å². The summed E-state index contributed by atoms with van der Waals surface area (Å²) < 4.78 is 13.0. The van der Waals surface area contributed by atoms with Gasteiger partial charge in [0.05, 0.1) is 29.3 Å². The van der Waals surface area contributed by atoms with Crippen molar-refractivity contribution in [3.05, 3.63) is 96.3 Å². The average molecular weight is 376 g/mol. The van der Waals surface area contributed by atoms with Crippen LogP contribution in [0.3, 0.4) is 0 Å². The lowest BCUT2D eigenvalue weighted by atomic mass is 10.1. The number of carbonyl (C=O) groups excluding carboxylic acids is 2. The molecule has 0 fully saturated rings. The van der Waals surface area contributed by atoms with Crippen molar-refractivity contribution in [2.45, 2.75) is 6.42 Å². The molecule has 7 heteroatoms. The highest BCUT2D eigenvalue weighted by molar-refractivity contribution is 6.11. The fourth-order valence-corrected chi connectivity index (χ4v) is 2.47. The molecule has 1 aromatic heterocycles. The Bertz CT molecular complexity index is 1000. The van der Waals surface area contributed by atoms with Gasteiger partial charge >= 0.3 is 0 Å². The van der Waals surface area contributed by atoms with E-state index < -0.39 is 11.8 Å². The molecule has 0 aliphatic carbocycles. The van der Waals surface area contributed by atoms with E-state index in [2.05, 4.69) is 27.2 Å². The first kappa shape index (κ1) is 18.9. The lowest BCUT2D eigenvalue weighted by molar-refractivity contribution is -0.111. The highest BCUT2D eigenvalue weighted by atomic mass is 19.1. The van der Waals surface area contributed by atoms with Crippen LogP contribution < -0.4 is 10.6 Å². The molecule has 1 heterocycles. The number of aromatic nitrogens is 2. The van der Waals surface area contributed by atoms with Gasteiger partial charge in [0.15, 0.2) is 0 Å². The molecule has 0 saturated carbocycles. The largest absolute Gasteiger partial charge is 0.322 e. The molecule has 2 amide bonds. The van der Waals surface area contributed by atoms with E-state index >= 15 is 0 Å². The first-order valence-corrected chi connectivity index (χ1v) is 8.44. The lowest BCUT2D eigenvalue weighted by Crippen LogP contribution is -2.17. The molecule has 28 heavy (non-hydrogen) atoms. The van der Waals surface area contributed by atoms with Crippen LogP contribution in [0.1, 0.15) is 21.7 Å². The molecule has 140 valence electrons. The number of rotatable bonds is 6. The second-order valence-electron chi connectivity index (χ2n) is 5.88. The number of amides is 2. The normalized spacial score (nSPS) is 10.2. The van der Waals surface area contributed by atoms with Gasteiger partial charge in [0.2, 0.25) is 5.91 Å². The Morgan fingerprint density at radius 3 is 2.36 bits per heavy atom. The van der Waals surface area contributed by atoms with E-state index in [1.54, 1.807) is 36.4 Å². The molecule has 3 rings (SSSR count). The Kier molecular flexibility index (Phi) is 5.86. The summed E-state index contributed by atoms with van der Waals surface area (Å²) in [6.45, 7) is 3.39. The number of halogens is 1. The van der Waals surface area contributed by atoms with Gasteiger partial charge < -0.3 is 10.6 Å². The van der Waals surface area contributed by atoms with Crippen LogP contribution in [0.2, 0.25) is 0 Å². The minimum Gasteiger partial charge on any atom is -0.322 e. The van der Waals surface area contributed by atoms with Crippen molar-refractivity contribution in [2.24, 2.45) is 0 Å². The minimum atomic E-state index is -0.409. The van der Waals surface area contributed by atoms with E-state index in [0.717, 1.165) is 11.6 Å². The quantitative estimate of drug-likeness (QED) is 0.644. The summed E-state index contributed by atoms with van der Waals surface area (Å²) in [5.74, 6) is -0.570. The zero-order chi connectivity index (χ0) is 19.9. The van der Waals surface area contributed by atoms with Gasteiger partial charge in [-0.3, -0.25) is 9.59 Å². The van der Waals surface area contributed by atoms with Gasteiger partial charge in [0.1, 0.15) is 11.6 Å². The van der Waals surface area contributed by atoms with Gasteiger partial charge in [-0.2, -0.15) is 0 Å². The second kappa shape index (κ2) is 8.68. The molecule has 0 bridgehead atoms. The molecular weight excluding hydrogens is 359 g/mol. The van der Waals surface area contributed by atoms with Crippen LogP contribution >= 0.6 is 0 Å². The SMILES string of the molecule is C=CC(=O)Nc1ccccc1C(=O)Nc1cnc(Cc2ccc(F)cc2)nc1. The highest BCUT2D eigenvalue weighted by Gasteiger charge is 2.13. The van der Waals surface area contributed by atoms with Gasteiger partial charge in [-0.15, -0.1) is 0 Å². The summed E-state index contributed by atoms with van der Waals surface area (Å²) in [6.07, 6.45) is 4.57. The predicted octanol–water partition coefficient (Wildman–Crippen LogP) is 3.58. The van der Waals surface area contributed by atoms with Gasteiger partial charge in [-0.1, -0.05) is 30.8 Å². The van der Waals surface area contributed by atoms with E-state index in [0.29, 0.717) is 29.2 Å². The fraction of sp³-hybridized carbons (Fsp3) is 0.0476. The van der Waals surface area contributed by atoms with E-state index in [4.69, 9.17) is 0 Å². The lowest BCUT2D eigenvalue weighted by Gasteiger charge is -2.10. The molecule has 0 atom stereocenters. The maximum absolute atomic E-state index is 13.0. The zero-order valence-corrected chi connectivity index (χ0v) is 14.9. The number of carbonyl (C=O) groups is 2. The molecule has 0 radical (unpaired) electrons. The number of hydrogen-bond acceptors (Lipinski definition) is 4. The van der Waals surface area contributed by atoms with Crippen molar-refractivity contribution in [1.29, 1.82) is 0 Å². The minimum absolute atomic E-state index is 0.299. The number of nitrogens with one attached hydrogen (secondary N) is 2. The third-order valence-corrected chi connectivity index (χ3v) is 3.85. The summed E-state index contributed by atoms with van der Waals surface area (Å²) in [5, 5.41) is 5.29. The van der Waals surface area contributed by atoms with E-state index in [9.17, 15) is 14.0 Å². The van der Waals surface area contributed by atoms with Crippen LogP contribution in [0.25, 0.3) is 0 Å². The van der Waals surface area contributed by atoms with Crippen molar-refractivity contribution >= 4 is 23.2 Å². The zero-order valence-electron chi connectivity index (χ0n) is 14.9. The van der Waals surface area contributed by atoms with Crippen LogP contribution in [0.15, 0.2) is 73.6 Å². The molecular formula is C21H17FN4O2. The van der Waals surface area contributed by atoms with Gasteiger partial charge in [0, 0.05) is 6.42 Å². The number of hydrogen-bond donors (Lipinski definition) is 2. The third kappa shape index (κ3) is 4.85. The summed E-state index contributed by atoms with van der Waals surface area (Å²) >= 11 is 0. The highest BCUT2D eigenvalue weighted by Crippen LogP contribution is 2.17. The topological polar surface area (TPSA) is 84.0 Å². The van der Waals surface area contributed by atoms with Crippen LogP contribution in [0.4, 0.5) is 15.8 Å². The van der Waals surface area contributed by atoms with E-state index in [-0.39, 0.29) is 5.82 Å². The first-order chi connectivity index (χ1) is 13.5. The summed E-state index contributed by atoms with van der Waals surface area (Å²) in [5.41, 5.74) is 1.97. The van der Waals surface area contributed by atoms with Crippen molar-refractivity contribution < 1.29 is 14.0 Å². The van der Waals surface area contributed by atoms with Crippen molar-refractivity contribution in [2.75, 3.05) is 10.6 Å². The third-order valence-electron chi connectivity index (χ3n) is 3.85. The Balaban J connectivity index is 1.69. The number of para-hydroxylation sites is 1. The van der Waals surface area contributed by atoms with Crippen molar-refractivity contribution in [3.8, 4) is 0 Å².